The van der Waals surface area contributed by atoms with Crippen LogP contribution in [0.3, 0.4) is 0 Å². The normalized spacial score (nSPS) is 12.9. The third kappa shape index (κ3) is 3.53. The lowest BCUT2D eigenvalue weighted by atomic mass is 11.7. The molecule has 0 aromatic heterocycles. The topological polar surface area (TPSA) is 0 Å². The maximum Gasteiger partial charge on any atom is 0.0800 e. The Kier molecular flexibility index (Phi) is 3.53. The van der Waals surface area contributed by atoms with Crippen LogP contribution in [0.25, 0.3) is 0 Å². The standard InChI is InChI=1S/C8H20SSi2/c1-9-8(10(2,3)4)11(5,6)7/h1H2,2-7H3. The van der Waals surface area contributed by atoms with Gasteiger partial charge in [-0.05, 0) is 9.98 Å². The molecule has 11 heavy (non-hydrogen) atoms. The molecule has 0 heterocycles. The molecule has 0 unspecified atom stereocenters. The first kappa shape index (κ1) is 11.4. The van der Waals surface area contributed by atoms with Crippen LogP contribution in [0, 0.1) is 0 Å². The van der Waals surface area contributed by atoms with E-state index in [1.54, 1.807) is 15.1 Å². The summed E-state index contributed by atoms with van der Waals surface area (Å²) >= 11 is 0. The lowest BCUT2D eigenvalue weighted by Gasteiger charge is -2.28. The van der Waals surface area contributed by atoms with Crippen LogP contribution < -0.4 is 0 Å². The van der Waals surface area contributed by atoms with Crippen LogP contribution in [0.2, 0.25) is 39.3 Å². The summed E-state index contributed by atoms with van der Waals surface area (Å²) < 4.78 is 1.74. The van der Waals surface area contributed by atoms with Crippen molar-refractivity contribution in [1.82, 2.24) is 0 Å². The Labute approximate surface area is 76.6 Å². The molecule has 0 radical (unpaired) electrons. The second-order valence-electron chi connectivity index (χ2n) is 4.97. The molecule has 0 saturated carbocycles. The first-order chi connectivity index (χ1) is 4.69. The zero-order valence-corrected chi connectivity index (χ0v) is 11.4. The molecule has 3 heteroatoms. The van der Waals surface area contributed by atoms with Gasteiger partial charge in [0.25, 0.3) is 0 Å². The van der Waals surface area contributed by atoms with Crippen LogP contribution in [-0.4, -0.2) is 26.1 Å². The molecule has 0 aliphatic rings. The van der Waals surface area contributed by atoms with E-state index < -0.39 is 16.1 Å². The first-order valence-corrected chi connectivity index (χ1v) is 12.0. The molecule has 66 valence electrons. The van der Waals surface area contributed by atoms with Crippen LogP contribution in [0.1, 0.15) is 0 Å². The Morgan fingerprint density at radius 1 is 0.909 bits per heavy atom. The van der Waals surface area contributed by atoms with Crippen molar-refractivity contribution in [2.75, 3.05) is 0 Å². The molecule has 0 spiro atoms. The summed E-state index contributed by atoms with van der Waals surface area (Å²) in [6.45, 7) is 14.5. The first-order valence-electron chi connectivity index (χ1n) is 3.99. The van der Waals surface area contributed by atoms with Crippen molar-refractivity contribution in [3.05, 3.63) is 0 Å². The lowest BCUT2D eigenvalue weighted by Crippen LogP contribution is -2.48. The van der Waals surface area contributed by atoms with Gasteiger partial charge in [-0.15, -0.1) is 0 Å². The van der Waals surface area contributed by atoms with Crippen molar-refractivity contribution >= 4 is 37.1 Å². The van der Waals surface area contributed by atoms with Gasteiger partial charge in [-0.3, -0.25) is 0 Å². The Morgan fingerprint density at radius 2 is 1.18 bits per heavy atom. The smallest absolute Gasteiger partial charge is 0.0800 e. The zero-order valence-electron chi connectivity index (χ0n) is 8.62. The van der Waals surface area contributed by atoms with Gasteiger partial charge in [-0.2, -0.15) is 10.9 Å². The molecule has 0 fully saturated rings. The maximum atomic E-state index is 3.97. The van der Waals surface area contributed by atoms with Crippen LogP contribution in [0.4, 0.5) is 0 Å². The lowest BCUT2D eigenvalue weighted by molar-refractivity contribution is 1.79. The van der Waals surface area contributed by atoms with Crippen molar-refractivity contribution < 1.29 is 0 Å². The van der Waals surface area contributed by atoms with E-state index in [1.165, 1.54) is 0 Å². The van der Waals surface area contributed by atoms with Gasteiger partial charge in [-0.1, -0.05) is 39.3 Å². The van der Waals surface area contributed by atoms with Gasteiger partial charge in [0.05, 0.1) is 16.1 Å². The third-order valence-electron chi connectivity index (χ3n) is 1.51. The number of hydrogen-bond acceptors (Lipinski definition) is 0. The van der Waals surface area contributed by atoms with Gasteiger partial charge in [0.2, 0.25) is 0 Å². The molecular formula is C8H20SSi2. The highest BCUT2D eigenvalue weighted by atomic mass is 32.1. The predicted octanol–water partition coefficient (Wildman–Crippen LogP) is 3.08. The maximum absolute atomic E-state index is 3.97. The number of hydrogen-bond donors (Lipinski definition) is 0. The summed E-state index contributed by atoms with van der Waals surface area (Å²) in [6, 6.07) is 0. The third-order valence-corrected chi connectivity index (χ3v) is 13.6. The summed E-state index contributed by atoms with van der Waals surface area (Å²) in [4.78, 5) is 0. The Bertz CT molecular complexity index is 173. The summed E-state index contributed by atoms with van der Waals surface area (Å²) in [7, 11) is -0.313. The van der Waals surface area contributed by atoms with Crippen molar-refractivity contribution in [2.24, 2.45) is 0 Å². The SMILES string of the molecule is C=S=C([Si](C)(C)C)[Si](C)(C)C. The average Bonchev–Trinajstić information content (AvgIpc) is 1.56. The van der Waals surface area contributed by atoms with Crippen molar-refractivity contribution in [2.45, 2.75) is 39.3 Å². The average molecular weight is 204 g/mol. The minimum absolute atomic E-state index is 1.04. The highest BCUT2D eigenvalue weighted by Crippen LogP contribution is 2.16. The molecule has 0 rings (SSSR count). The summed E-state index contributed by atoms with van der Waals surface area (Å²) in [5, 5.41) is 0. The molecule has 0 nitrogen and oxygen atoms in total. The summed E-state index contributed by atoms with van der Waals surface area (Å²) in [5.74, 6) is 3.97. The predicted molar refractivity (Wildman–Crippen MR) is 66.4 cm³/mol. The molecule has 0 aromatic rings. The Balaban J connectivity index is 4.90. The second-order valence-corrected chi connectivity index (χ2v) is 16.9. The minimum Gasteiger partial charge on any atom is -0.170 e. The molecule has 0 aliphatic heterocycles. The van der Waals surface area contributed by atoms with Crippen LogP contribution >= 0.6 is 10.9 Å². The van der Waals surface area contributed by atoms with Crippen LogP contribution in [0.5, 0.6) is 0 Å². The molecule has 0 bridgehead atoms. The van der Waals surface area contributed by atoms with Gasteiger partial charge < -0.3 is 0 Å². The Morgan fingerprint density at radius 3 is 1.18 bits per heavy atom. The van der Waals surface area contributed by atoms with E-state index >= 15 is 0 Å². The molecular weight excluding hydrogens is 184 g/mol. The van der Waals surface area contributed by atoms with Crippen molar-refractivity contribution in [1.29, 1.82) is 0 Å². The highest BCUT2D eigenvalue weighted by molar-refractivity contribution is 8.03. The number of rotatable bonds is 2. The van der Waals surface area contributed by atoms with Gasteiger partial charge >= 0.3 is 0 Å². The van der Waals surface area contributed by atoms with Crippen molar-refractivity contribution in [3.63, 3.8) is 0 Å². The molecule has 0 aromatic carbocycles. The molecule has 0 N–H and O–H groups in total. The fraction of sp³-hybridized carbons (Fsp3) is 0.750. The largest absolute Gasteiger partial charge is 0.170 e. The fourth-order valence-electron chi connectivity index (χ4n) is 1.56. The van der Waals surface area contributed by atoms with E-state index in [4.69, 9.17) is 0 Å². The molecule has 0 atom stereocenters. The van der Waals surface area contributed by atoms with Gasteiger partial charge in [0.15, 0.2) is 0 Å². The Hall–Kier alpha value is 0.394. The van der Waals surface area contributed by atoms with E-state index in [-0.39, 0.29) is 0 Å². The van der Waals surface area contributed by atoms with Crippen LogP contribution in [-0.2, 0) is 0 Å². The molecule has 0 amide bonds. The minimum atomic E-state index is -1.04. The van der Waals surface area contributed by atoms with Gasteiger partial charge in [0, 0.05) is 0 Å². The molecule has 0 aliphatic carbocycles. The monoisotopic (exact) mass is 204 g/mol. The quantitative estimate of drug-likeness (QED) is 0.479. The van der Waals surface area contributed by atoms with E-state index in [0.717, 1.165) is 0 Å². The van der Waals surface area contributed by atoms with E-state index in [0.29, 0.717) is 0 Å². The van der Waals surface area contributed by atoms with E-state index in [1.807, 2.05) is 0 Å². The van der Waals surface area contributed by atoms with E-state index in [2.05, 4.69) is 45.2 Å². The fourth-order valence-corrected chi connectivity index (χ4v) is 14.0. The van der Waals surface area contributed by atoms with Gasteiger partial charge in [0.1, 0.15) is 0 Å². The van der Waals surface area contributed by atoms with E-state index in [9.17, 15) is 0 Å². The van der Waals surface area contributed by atoms with Gasteiger partial charge in [-0.25, -0.2) is 0 Å². The zero-order chi connectivity index (χ0) is 9.28. The summed E-state index contributed by atoms with van der Waals surface area (Å²) in [6.07, 6.45) is 0. The van der Waals surface area contributed by atoms with Crippen LogP contribution in [0.15, 0.2) is 0 Å². The molecule has 0 saturated heterocycles. The van der Waals surface area contributed by atoms with Crippen molar-refractivity contribution in [3.8, 4) is 0 Å². The second kappa shape index (κ2) is 3.41. The summed E-state index contributed by atoms with van der Waals surface area (Å²) in [5.41, 5.74) is 0. The highest BCUT2D eigenvalue weighted by Gasteiger charge is 2.30.